The molecule has 1 aliphatic rings. The first-order chi connectivity index (χ1) is 13.6. The molecule has 2 N–H and O–H groups in total. The molecule has 1 atom stereocenters. The molecule has 28 heavy (non-hydrogen) atoms. The van der Waals surface area contributed by atoms with Crippen LogP contribution in [0.15, 0.2) is 42.5 Å². The maximum absolute atomic E-state index is 12.7. The fourth-order valence-corrected chi connectivity index (χ4v) is 3.79. The lowest BCUT2D eigenvalue weighted by atomic mass is 9.97. The molecule has 1 unspecified atom stereocenters. The van der Waals surface area contributed by atoms with Gasteiger partial charge in [-0.15, -0.1) is 0 Å². The van der Waals surface area contributed by atoms with E-state index in [2.05, 4.69) is 20.2 Å². The van der Waals surface area contributed by atoms with Crippen LogP contribution in [0, 0.1) is 5.92 Å². The lowest BCUT2D eigenvalue weighted by molar-refractivity contribution is -0.125. The quantitative estimate of drug-likeness (QED) is 0.686. The SMILES string of the molecule is COc1cccc(CNC(=O)C2CCCN(c3nc4ccc(Cl)cc4[nH]3)C2)c1. The summed E-state index contributed by atoms with van der Waals surface area (Å²) in [5, 5.41) is 3.73. The number of carbonyl (C=O) groups excluding carboxylic acids is 1. The minimum atomic E-state index is -0.0591. The third kappa shape index (κ3) is 4.07. The summed E-state index contributed by atoms with van der Waals surface area (Å²) in [6, 6.07) is 13.3. The van der Waals surface area contributed by atoms with Gasteiger partial charge < -0.3 is 19.9 Å². The van der Waals surface area contributed by atoms with Crippen LogP contribution in [-0.2, 0) is 11.3 Å². The molecule has 0 saturated carbocycles. The molecule has 146 valence electrons. The van der Waals surface area contributed by atoms with E-state index in [0.29, 0.717) is 18.1 Å². The summed E-state index contributed by atoms with van der Waals surface area (Å²) in [4.78, 5) is 22.8. The summed E-state index contributed by atoms with van der Waals surface area (Å²) in [5.74, 6) is 1.60. The van der Waals surface area contributed by atoms with E-state index in [1.165, 1.54) is 0 Å². The lowest BCUT2D eigenvalue weighted by Crippen LogP contribution is -2.43. The number of hydrogen-bond acceptors (Lipinski definition) is 4. The van der Waals surface area contributed by atoms with Gasteiger partial charge in [0.05, 0.1) is 24.1 Å². The summed E-state index contributed by atoms with van der Waals surface area (Å²) in [7, 11) is 1.64. The van der Waals surface area contributed by atoms with E-state index in [-0.39, 0.29) is 11.8 Å². The predicted molar refractivity (Wildman–Crippen MR) is 111 cm³/mol. The molecule has 1 aliphatic heterocycles. The summed E-state index contributed by atoms with van der Waals surface area (Å²) in [5.41, 5.74) is 2.81. The minimum Gasteiger partial charge on any atom is -0.497 e. The lowest BCUT2D eigenvalue weighted by Gasteiger charge is -2.31. The molecule has 4 rings (SSSR count). The Hall–Kier alpha value is -2.73. The standard InChI is InChI=1S/C21H23ClN4O2/c1-28-17-6-2-4-14(10-17)12-23-20(27)15-5-3-9-26(13-15)21-24-18-8-7-16(22)11-19(18)25-21/h2,4,6-8,10-11,15H,3,5,9,12-13H2,1H3,(H,23,27)(H,24,25). The molecule has 0 spiro atoms. The van der Waals surface area contributed by atoms with Crippen molar-refractivity contribution in [1.82, 2.24) is 15.3 Å². The number of imidazole rings is 1. The van der Waals surface area contributed by atoms with Gasteiger partial charge in [-0.2, -0.15) is 0 Å². The van der Waals surface area contributed by atoms with Crippen LogP contribution in [0.25, 0.3) is 11.0 Å². The second-order valence-corrected chi connectivity index (χ2v) is 7.51. The van der Waals surface area contributed by atoms with Crippen molar-refractivity contribution in [3.05, 3.63) is 53.1 Å². The first-order valence-corrected chi connectivity index (χ1v) is 9.81. The number of amides is 1. The summed E-state index contributed by atoms with van der Waals surface area (Å²) in [6.45, 7) is 2.03. The zero-order valence-electron chi connectivity index (χ0n) is 15.7. The number of piperidine rings is 1. The molecule has 6 nitrogen and oxygen atoms in total. The van der Waals surface area contributed by atoms with E-state index < -0.39 is 0 Å². The number of carbonyl (C=O) groups is 1. The molecule has 2 heterocycles. The van der Waals surface area contributed by atoms with Crippen molar-refractivity contribution < 1.29 is 9.53 Å². The zero-order chi connectivity index (χ0) is 19.5. The third-order valence-corrected chi connectivity index (χ3v) is 5.36. The van der Waals surface area contributed by atoms with Gasteiger partial charge >= 0.3 is 0 Å². The zero-order valence-corrected chi connectivity index (χ0v) is 16.5. The highest BCUT2D eigenvalue weighted by Crippen LogP contribution is 2.25. The van der Waals surface area contributed by atoms with E-state index in [1.54, 1.807) is 7.11 Å². The number of methoxy groups -OCH3 is 1. The molecule has 1 aromatic heterocycles. The van der Waals surface area contributed by atoms with Crippen molar-refractivity contribution in [2.75, 3.05) is 25.1 Å². The predicted octanol–water partition coefficient (Wildman–Crippen LogP) is 3.76. The first-order valence-electron chi connectivity index (χ1n) is 9.43. The van der Waals surface area contributed by atoms with E-state index >= 15 is 0 Å². The van der Waals surface area contributed by atoms with Gasteiger partial charge in [-0.25, -0.2) is 4.98 Å². The van der Waals surface area contributed by atoms with Crippen LogP contribution in [0.3, 0.4) is 0 Å². The molecule has 1 saturated heterocycles. The van der Waals surface area contributed by atoms with Crippen molar-refractivity contribution in [3.63, 3.8) is 0 Å². The van der Waals surface area contributed by atoms with Gasteiger partial charge in [-0.05, 0) is 48.7 Å². The Balaban J connectivity index is 1.40. The van der Waals surface area contributed by atoms with Crippen LogP contribution >= 0.6 is 11.6 Å². The molecule has 2 aromatic carbocycles. The number of fused-ring (bicyclic) bond motifs is 1. The smallest absolute Gasteiger partial charge is 0.225 e. The van der Waals surface area contributed by atoms with Gasteiger partial charge in [0.1, 0.15) is 5.75 Å². The molecule has 0 aliphatic carbocycles. The van der Waals surface area contributed by atoms with Crippen molar-refractivity contribution in [2.24, 2.45) is 5.92 Å². The Morgan fingerprint density at radius 1 is 1.36 bits per heavy atom. The fraction of sp³-hybridized carbons (Fsp3) is 0.333. The van der Waals surface area contributed by atoms with E-state index in [9.17, 15) is 4.79 Å². The maximum Gasteiger partial charge on any atom is 0.225 e. The highest BCUT2D eigenvalue weighted by molar-refractivity contribution is 6.31. The van der Waals surface area contributed by atoms with Gasteiger partial charge in [0.25, 0.3) is 0 Å². The molecule has 1 amide bonds. The Labute approximate surface area is 168 Å². The van der Waals surface area contributed by atoms with Crippen molar-refractivity contribution in [3.8, 4) is 5.75 Å². The third-order valence-electron chi connectivity index (χ3n) is 5.12. The Morgan fingerprint density at radius 2 is 2.25 bits per heavy atom. The molecule has 0 bridgehead atoms. The fourth-order valence-electron chi connectivity index (χ4n) is 3.62. The molecule has 1 fully saturated rings. The van der Waals surface area contributed by atoms with Crippen molar-refractivity contribution in [1.29, 1.82) is 0 Å². The highest BCUT2D eigenvalue weighted by Gasteiger charge is 2.27. The van der Waals surface area contributed by atoms with Crippen LogP contribution in [0.4, 0.5) is 5.95 Å². The van der Waals surface area contributed by atoms with E-state index in [4.69, 9.17) is 16.3 Å². The van der Waals surface area contributed by atoms with Gasteiger partial charge in [0, 0.05) is 24.7 Å². The average molecular weight is 399 g/mol. The average Bonchev–Trinajstić information content (AvgIpc) is 3.15. The van der Waals surface area contributed by atoms with Crippen molar-refractivity contribution in [2.45, 2.75) is 19.4 Å². The number of benzene rings is 2. The summed E-state index contributed by atoms with van der Waals surface area (Å²) in [6.07, 6.45) is 1.83. The molecular weight excluding hydrogens is 376 g/mol. The normalized spacial score (nSPS) is 16.9. The largest absolute Gasteiger partial charge is 0.497 e. The number of hydrogen-bond donors (Lipinski definition) is 2. The van der Waals surface area contributed by atoms with E-state index in [1.807, 2.05) is 42.5 Å². The van der Waals surface area contributed by atoms with Crippen LogP contribution < -0.4 is 15.0 Å². The highest BCUT2D eigenvalue weighted by atomic mass is 35.5. The number of H-pyrrole nitrogens is 1. The van der Waals surface area contributed by atoms with Gasteiger partial charge in [0.15, 0.2) is 0 Å². The second kappa shape index (κ2) is 8.10. The molecule has 3 aromatic rings. The first kappa shape index (κ1) is 18.6. The summed E-state index contributed by atoms with van der Waals surface area (Å²) >= 11 is 6.06. The number of nitrogens with one attached hydrogen (secondary N) is 2. The number of nitrogens with zero attached hydrogens (tertiary/aromatic N) is 2. The number of rotatable bonds is 5. The molecular formula is C21H23ClN4O2. The molecule has 0 radical (unpaired) electrons. The van der Waals surface area contributed by atoms with Crippen LogP contribution in [0.5, 0.6) is 5.75 Å². The second-order valence-electron chi connectivity index (χ2n) is 7.08. The number of aromatic nitrogens is 2. The van der Waals surface area contributed by atoms with Crippen LogP contribution in [0.1, 0.15) is 18.4 Å². The summed E-state index contributed by atoms with van der Waals surface area (Å²) < 4.78 is 5.24. The Morgan fingerprint density at radius 3 is 3.11 bits per heavy atom. The van der Waals surface area contributed by atoms with Gasteiger partial charge in [-0.3, -0.25) is 4.79 Å². The minimum absolute atomic E-state index is 0.0591. The van der Waals surface area contributed by atoms with Crippen LogP contribution in [0.2, 0.25) is 5.02 Å². The number of ether oxygens (including phenoxy) is 1. The van der Waals surface area contributed by atoms with Crippen molar-refractivity contribution >= 4 is 34.5 Å². The Bertz CT molecular complexity index is 987. The van der Waals surface area contributed by atoms with Crippen LogP contribution in [-0.4, -0.2) is 36.1 Å². The monoisotopic (exact) mass is 398 g/mol. The number of aromatic amines is 1. The van der Waals surface area contributed by atoms with Gasteiger partial charge in [-0.1, -0.05) is 23.7 Å². The number of halogens is 1. The number of anilines is 1. The topological polar surface area (TPSA) is 70.2 Å². The van der Waals surface area contributed by atoms with Gasteiger partial charge in [0.2, 0.25) is 11.9 Å². The molecule has 7 heteroatoms. The van der Waals surface area contributed by atoms with E-state index in [0.717, 1.165) is 47.7 Å². The Kier molecular flexibility index (Phi) is 5.39. The maximum atomic E-state index is 12.7.